The van der Waals surface area contributed by atoms with Crippen LogP contribution in [-0.2, 0) is 0 Å². The molecule has 2 aromatic carbocycles. The van der Waals surface area contributed by atoms with Crippen molar-refractivity contribution in [3.05, 3.63) is 65.2 Å². The van der Waals surface area contributed by atoms with E-state index >= 15 is 0 Å². The molecule has 1 aliphatic rings. The average molecular weight is 350 g/mol. The first kappa shape index (κ1) is 18.2. The monoisotopic (exact) mass is 350 g/mol. The van der Waals surface area contributed by atoms with Gasteiger partial charge < -0.3 is 10.2 Å². The van der Waals surface area contributed by atoms with Gasteiger partial charge in [-0.1, -0.05) is 49.1 Å². The first-order valence-electron chi connectivity index (χ1n) is 9.30. The third kappa shape index (κ3) is 4.13. The van der Waals surface area contributed by atoms with Gasteiger partial charge in [-0.05, 0) is 44.0 Å². The van der Waals surface area contributed by atoms with Crippen molar-refractivity contribution in [3.8, 4) is 0 Å². The minimum absolute atomic E-state index is 0.0305. The highest BCUT2D eigenvalue weighted by molar-refractivity contribution is 6.09. The first-order chi connectivity index (χ1) is 12.6. The number of anilines is 1. The van der Waals surface area contributed by atoms with Crippen molar-refractivity contribution in [1.29, 1.82) is 0 Å². The Balaban J connectivity index is 1.79. The van der Waals surface area contributed by atoms with Gasteiger partial charge in [0, 0.05) is 18.7 Å². The van der Waals surface area contributed by atoms with Crippen LogP contribution in [0, 0.1) is 6.92 Å². The molecular formula is C22H26N2O2. The lowest BCUT2D eigenvalue weighted by atomic mass is 9.94. The van der Waals surface area contributed by atoms with Crippen LogP contribution in [0.1, 0.15) is 58.4 Å². The fourth-order valence-corrected chi connectivity index (χ4v) is 3.58. The van der Waals surface area contributed by atoms with Crippen molar-refractivity contribution >= 4 is 17.5 Å². The zero-order valence-corrected chi connectivity index (χ0v) is 15.5. The molecule has 0 unspecified atom stereocenters. The van der Waals surface area contributed by atoms with Gasteiger partial charge in [0.05, 0.1) is 11.3 Å². The van der Waals surface area contributed by atoms with Crippen LogP contribution in [0.3, 0.4) is 0 Å². The summed E-state index contributed by atoms with van der Waals surface area (Å²) in [5.74, 6) is -0.230. The van der Waals surface area contributed by atoms with Crippen LogP contribution in [-0.4, -0.2) is 29.8 Å². The fourth-order valence-electron chi connectivity index (χ4n) is 3.58. The SMILES string of the molecule is Cc1cccc(C(=O)Nc2ccccc2C(=O)N(C)C2CCCCC2)c1. The number of rotatable bonds is 4. The second kappa shape index (κ2) is 8.17. The van der Waals surface area contributed by atoms with Gasteiger partial charge in [0.1, 0.15) is 0 Å². The van der Waals surface area contributed by atoms with Gasteiger partial charge >= 0.3 is 0 Å². The van der Waals surface area contributed by atoms with Crippen molar-refractivity contribution in [2.75, 3.05) is 12.4 Å². The molecule has 0 aromatic heterocycles. The lowest BCUT2D eigenvalue weighted by Gasteiger charge is -2.31. The van der Waals surface area contributed by atoms with Gasteiger partial charge in [-0.25, -0.2) is 0 Å². The van der Waals surface area contributed by atoms with Crippen molar-refractivity contribution in [2.24, 2.45) is 0 Å². The van der Waals surface area contributed by atoms with Crippen molar-refractivity contribution in [2.45, 2.75) is 45.1 Å². The summed E-state index contributed by atoms with van der Waals surface area (Å²) >= 11 is 0. The predicted molar refractivity (Wildman–Crippen MR) is 105 cm³/mol. The number of para-hydroxylation sites is 1. The minimum atomic E-state index is -0.200. The minimum Gasteiger partial charge on any atom is -0.339 e. The fraction of sp³-hybridized carbons (Fsp3) is 0.364. The molecule has 1 saturated carbocycles. The standard InChI is InChI=1S/C22H26N2O2/c1-16-9-8-10-17(15-16)21(25)23-20-14-7-6-13-19(20)22(26)24(2)18-11-4-3-5-12-18/h6-10,13-15,18H,3-5,11-12H2,1-2H3,(H,23,25). The third-order valence-electron chi connectivity index (χ3n) is 5.13. The van der Waals surface area contributed by atoms with Crippen molar-refractivity contribution in [3.63, 3.8) is 0 Å². The lowest BCUT2D eigenvalue weighted by molar-refractivity contribution is 0.0697. The maximum atomic E-state index is 13.0. The predicted octanol–water partition coefficient (Wildman–Crippen LogP) is 4.65. The van der Waals surface area contributed by atoms with E-state index in [0.717, 1.165) is 18.4 Å². The highest BCUT2D eigenvalue weighted by Gasteiger charge is 2.24. The second-order valence-electron chi connectivity index (χ2n) is 7.08. The van der Waals surface area contributed by atoms with Crippen LogP contribution in [0.25, 0.3) is 0 Å². The first-order valence-corrected chi connectivity index (χ1v) is 9.30. The number of benzene rings is 2. The maximum Gasteiger partial charge on any atom is 0.255 e. The number of carbonyl (C=O) groups excluding carboxylic acids is 2. The van der Waals surface area contributed by atoms with Gasteiger partial charge in [0.25, 0.3) is 11.8 Å². The third-order valence-corrected chi connectivity index (χ3v) is 5.13. The number of nitrogens with zero attached hydrogens (tertiary/aromatic N) is 1. The van der Waals surface area contributed by atoms with Crippen LogP contribution in [0.4, 0.5) is 5.69 Å². The molecule has 26 heavy (non-hydrogen) atoms. The molecule has 4 nitrogen and oxygen atoms in total. The van der Waals surface area contributed by atoms with E-state index in [4.69, 9.17) is 0 Å². The number of aryl methyl sites for hydroxylation is 1. The Morgan fingerprint density at radius 3 is 2.46 bits per heavy atom. The molecule has 4 heteroatoms. The zero-order valence-electron chi connectivity index (χ0n) is 15.5. The second-order valence-corrected chi connectivity index (χ2v) is 7.08. The topological polar surface area (TPSA) is 49.4 Å². The Morgan fingerprint density at radius 2 is 1.73 bits per heavy atom. The summed E-state index contributed by atoms with van der Waals surface area (Å²) in [6.07, 6.45) is 5.71. The summed E-state index contributed by atoms with van der Waals surface area (Å²) in [6.45, 7) is 1.95. The van der Waals surface area contributed by atoms with E-state index in [1.165, 1.54) is 19.3 Å². The van der Waals surface area contributed by atoms with Gasteiger partial charge in [0.15, 0.2) is 0 Å². The summed E-state index contributed by atoms with van der Waals surface area (Å²) in [7, 11) is 1.87. The van der Waals surface area contributed by atoms with E-state index in [0.29, 0.717) is 16.8 Å². The average Bonchev–Trinajstić information content (AvgIpc) is 2.68. The van der Waals surface area contributed by atoms with Gasteiger partial charge in [0.2, 0.25) is 0 Å². The molecule has 0 radical (unpaired) electrons. The Bertz CT molecular complexity index is 794. The molecule has 136 valence electrons. The molecule has 1 fully saturated rings. The molecule has 0 saturated heterocycles. The molecule has 0 atom stereocenters. The number of nitrogens with one attached hydrogen (secondary N) is 1. The highest BCUT2D eigenvalue weighted by Crippen LogP contribution is 2.25. The molecule has 0 heterocycles. The zero-order chi connectivity index (χ0) is 18.5. The highest BCUT2D eigenvalue weighted by atomic mass is 16.2. The smallest absolute Gasteiger partial charge is 0.255 e. The Labute approximate surface area is 155 Å². The van der Waals surface area contributed by atoms with E-state index in [1.54, 1.807) is 18.2 Å². The molecule has 2 aromatic rings. The largest absolute Gasteiger partial charge is 0.339 e. The molecule has 1 aliphatic carbocycles. The lowest BCUT2D eigenvalue weighted by Crippen LogP contribution is -2.38. The summed E-state index contributed by atoms with van der Waals surface area (Å²) < 4.78 is 0. The quantitative estimate of drug-likeness (QED) is 0.872. The van der Waals surface area contributed by atoms with Gasteiger partial charge in [-0.3, -0.25) is 9.59 Å². The van der Waals surface area contributed by atoms with E-state index in [-0.39, 0.29) is 17.9 Å². The van der Waals surface area contributed by atoms with Crippen molar-refractivity contribution < 1.29 is 9.59 Å². The number of amides is 2. The Kier molecular flexibility index (Phi) is 5.71. The van der Waals surface area contributed by atoms with E-state index in [2.05, 4.69) is 5.32 Å². The maximum absolute atomic E-state index is 13.0. The summed E-state index contributed by atoms with van der Waals surface area (Å²) in [4.78, 5) is 27.4. The van der Waals surface area contributed by atoms with Gasteiger partial charge in [-0.15, -0.1) is 0 Å². The van der Waals surface area contributed by atoms with Crippen LogP contribution in [0.2, 0.25) is 0 Å². The molecule has 1 N–H and O–H groups in total. The number of carbonyl (C=O) groups is 2. The summed E-state index contributed by atoms with van der Waals surface area (Å²) in [5, 5.41) is 2.91. The summed E-state index contributed by atoms with van der Waals surface area (Å²) in [5.41, 5.74) is 2.72. The van der Waals surface area contributed by atoms with Crippen LogP contribution < -0.4 is 5.32 Å². The van der Waals surface area contributed by atoms with E-state index < -0.39 is 0 Å². The van der Waals surface area contributed by atoms with Crippen LogP contribution in [0.15, 0.2) is 48.5 Å². The number of hydrogen-bond donors (Lipinski definition) is 1. The van der Waals surface area contributed by atoms with E-state index in [9.17, 15) is 9.59 Å². The van der Waals surface area contributed by atoms with E-state index in [1.807, 2.05) is 49.2 Å². The molecule has 0 spiro atoms. The van der Waals surface area contributed by atoms with Gasteiger partial charge in [-0.2, -0.15) is 0 Å². The van der Waals surface area contributed by atoms with Crippen molar-refractivity contribution in [1.82, 2.24) is 4.90 Å². The molecular weight excluding hydrogens is 324 g/mol. The molecule has 0 bridgehead atoms. The van der Waals surface area contributed by atoms with Crippen LogP contribution >= 0.6 is 0 Å². The molecule has 0 aliphatic heterocycles. The normalized spacial score (nSPS) is 14.7. The molecule has 3 rings (SSSR count). The Morgan fingerprint density at radius 1 is 1.00 bits per heavy atom. The van der Waals surface area contributed by atoms with Crippen LogP contribution in [0.5, 0.6) is 0 Å². The molecule has 2 amide bonds. The summed E-state index contributed by atoms with van der Waals surface area (Å²) in [6, 6.07) is 15.0. The number of hydrogen-bond acceptors (Lipinski definition) is 2. The Hall–Kier alpha value is -2.62.